The summed E-state index contributed by atoms with van der Waals surface area (Å²) in [5.74, 6) is 1.20. The SMILES string of the molecule is Nc1ncnc(Nc2ccc(Oc3ccccc3)cc2)c1[N+](=O)[O-]. The fourth-order valence-corrected chi connectivity index (χ4v) is 2.03. The lowest BCUT2D eigenvalue weighted by atomic mass is 10.3. The molecule has 3 N–H and O–H groups in total. The van der Waals surface area contributed by atoms with Crippen LogP contribution in [0.25, 0.3) is 0 Å². The molecule has 3 aromatic rings. The Kier molecular flexibility index (Phi) is 4.19. The van der Waals surface area contributed by atoms with E-state index >= 15 is 0 Å². The molecule has 0 unspecified atom stereocenters. The number of ether oxygens (including phenoxy) is 1. The molecule has 2 aromatic carbocycles. The summed E-state index contributed by atoms with van der Waals surface area (Å²) in [6.07, 6.45) is 1.16. The van der Waals surface area contributed by atoms with E-state index in [0.29, 0.717) is 11.4 Å². The van der Waals surface area contributed by atoms with E-state index in [1.165, 1.54) is 0 Å². The number of nitrogens with one attached hydrogen (secondary N) is 1. The minimum absolute atomic E-state index is 0.0317. The second-order valence-corrected chi connectivity index (χ2v) is 4.78. The van der Waals surface area contributed by atoms with Crippen molar-refractivity contribution in [3.63, 3.8) is 0 Å². The maximum atomic E-state index is 11.1. The largest absolute Gasteiger partial charge is 0.457 e. The Balaban J connectivity index is 1.78. The summed E-state index contributed by atoms with van der Waals surface area (Å²) < 4.78 is 5.68. The molecule has 0 spiro atoms. The summed E-state index contributed by atoms with van der Waals surface area (Å²) in [7, 11) is 0. The van der Waals surface area contributed by atoms with Crippen LogP contribution in [0, 0.1) is 10.1 Å². The molecule has 0 aliphatic rings. The highest BCUT2D eigenvalue weighted by molar-refractivity contribution is 5.72. The average molecular weight is 323 g/mol. The summed E-state index contributed by atoms with van der Waals surface area (Å²) in [4.78, 5) is 18.0. The third-order valence-corrected chi connectivity index (χ3v) is 3.13. The number of nitrogen functional groups attached to an aromatic ring is 1. The van der Waals surface area contributed by atoms with Crippen molar-refractivity contribution in [2.75, 3.05) is 11.1 Å². The van der Waals surface area contributed by atoms with Crippen LogP contribution in [0.2, 0.25) is 0 Å². The molecule has 120 valence electrons. The number of hydrogen-bond donors (Lipinski definition) is 2. The van der Waals surface area contributed by atoms with Gasteiger partial charge in [-0.2, -0.15) is 0 Å². The van der Waals surface area contributed by atoms with Crippen LogP contribution >= 0.6 is 0 Å². The molecule has 0 aliphatic carbocycles. The van der Waals surface area contributed by atoms with E-state index in [1.54, 1.807) is 24.3 Å². The zero-order chi connectivity index (χ0) is 16.9. The van der Waals surface area contributed by atoms with Gasteiger partial charge in [0.25, 0.3) is 0 Å². The van der Waals surface area contributed by atoms with Crippen LogP contribution in [0.15, 0.2) is 60.9 Å². The highest BCUT2D eigenvalue weighted by Gasteiger charge is 2.20. The minimum Gasteiger partial charge on any atom is -0.457 e. The molecule has 0 saturated carbocycles. The maximum Gasteiger partial charge on any atom is 0.353 e. The molecule has 0 amide bonds. The van der Waals surface area contributed by atoms with Gasteiger partial charge >= 0.3 is 5.69 Å². The molecule has 8 heteroatoms. The van der Waals surface area contributed by atoms with Crippen LogP contribution in [0.4, 0.5) is 23.0 Å². The van der Waals surface area contributed by atoms with Gasteiger partial charge in [0.05, 0.1) is 4.92 Å². The predicted octanol–water partition coefficient (Wildman–Crippen LogP) is 3.50. The summed E-state index contributed by atoms with van der Waals surface area (Å²) in [5, 5.41) is 13.9. The Labute approximate surface area is 137 Å². The third-order valence-electron chi connectivity index (χ3n) is 3.13. The summed E-state index contributed by atoms with van der Waals surface area (Å²) in [5.41, 5.74) is 5.78. The number of rotatable bonds is 5. The van der Waals surface area contributed by atoms with Gasteiger partial charge in [-0.25, -0.2) is 9.97 Å². The molecule has 8 nitrogen and oxygen atoms in total. The molecular weight excluding hydrogens is 310 g/mol. The highest BCUT2D eigenvalue weighted by atomic mass is 16.6. The molecule has 1 aromatic heterocycles. The topological polar surface area (TPSA) is 116 Å². The van der Waals surface area contributed by atoms with Crippen molar-refractivity contribution in [3.05, 3.63) is 71.0 Å². The molecule has 1 heterocycles. The van der Waals surface area contributed by atoms with E-state index < -0.39 is 4.92 Å². The van der Waals surface area contributed by atoms with E-state index in [2.05, 4.69) is 15.3 Å². The van der Waals surface area contributed by atoms with Crippen molar-refractivity contribution in [3.8, 4) is 11.5 Å². The van der Waals surface area contributed by atoms with Crippen LogP contribution in [-0.2, 0) is 0 Å². The highest BCUT2D eigenvalue weighted by Crippen LogP contribution is 2.30. The Morgan fingerprint density at radius 3 is 2.33 bits per heavy atom. The van der Waals surface area contributed by atoms with Gasteiger partial charge in [0.15, 0.2) is 0 Å². The third kappa shape index (κ3) is 3.38. The first-order chi connectivity index (χ1) is 11.6. The van der Waals surface area contributed by atoms with Crippen molar-refractivity contribution < 1.29 is 9.66 Å². The normalized spacial score (nSPS) is 10.2. The van der Waals surface area contributed by atoms with Crippen molar-refractivity contribution in [1.82, 2.24) is 9.97 Å². The van der Waals surface area contributed by atoms with Crippen LogP contribution in [0.3, 0.4) is 0 Å². The van der Waals surface area contributed by atoms with E-state index in [9.17, 15) is 10.1 Å². The number of anilines is 3. The molecule has 0 fully saturated rings. The number of para-hydroxylation sites is 1. The van der Waals surface area contributed by atoms with Crippen LogP contribution < -0.4 is 15.8 Å². The van der Waals surface area contributed by atoms with Gasteiger partial charge in [0.1, 0.15) is 17.8 Å². The van der Waals surface area contributed by atoms with Gasteiger partial charge in [-0.1, -0.05) is 18.2 Å². The van der Waals surface area contributed by atoms with Crippen molar-refractivity contribution in [1.29, 1.82) is 0 Å². The molecule has 24 heavy (non-hydrogen) atoms. The Bertz CT molecular complexity index is 853. The molecular formula is C16H13N5O3. The number of nitrogens with zero attached hydrogens (tertiary/aromatic N) is 3. The van der Waals surface area contributed by atoms with Gasteiger partial charge in [-0.05, 0) is 36.4 Å². The first-order valence-electron chi connectivity index (χ1n) is 6.98. The zero-order valence-corrected chi connectivity index (χ0v) is 12.4. The van der Waals surface area contributed by atoms with Crippen LogP contribution in [0.1, 0.15) is 0 Å². The molecule has 0 aliphatic heterocycles. The summed E-state index contributed by atoms with van der Waals surface area (Å²) in [6, 6.07) is 16.3. The standard InChI is InChI=1S/C16H13N5O3/c17-15-14(21(22)23)16(19-10-18-15)20-11-6-8-13(9-7-11)24-12-4-2-1-3-5-12/h1-10H,(H3,17,18,19,20). The van der Waals surface area contributed by atoms with E-state index in [0.717, 1.165) is 12.1 Å². The Hall–Kier alpha value is -3.68. The monoisotopic (exact) mass is 323 g/mol. The van der Waals surface area contributed by atoms with E-state index in [4.69, 9.17) is 10.5 Å². The van der Waals surface area contributed by atoms with E-state index in [1.807, 2.05) is 30.3 Å². The van der Waals surface area contributed by atoms with Crippen LogP contribution in [0.5, 0.6) is 11.5 Å². The van der Waals surface area contributed by atoms with Crippen molar-refractivity contribution in [2.45, 2.75) is 0 Å². The minimum atomic E-state index is -0.620. The van der Waals surface area contributed by atoms with E-state index in [-0.39, 0.29) is 17.3 Å². The first kappa shape index (κ1) is 15.2. The number of nitro groups is 1. The summed E-state index contributed by atoms with van der Waals surface area (Å²) in [6.45, 7) is 0. The van der Waals surface area contributed by atoms with Gasteiger partial charge < -0.3 is 15.8 Å². The Morgan fingerprint density at radius 2 is 1.67 bits per heavy atom. The smallest absolute Gasteiger partial charge is 0.353 e. The maximum absolute atomic E-state index is 11.1. The second kappa shape index (κ2) is 6.61. The first-order valence-corrected chi connectivity index (χ1v) is 6.98. The molecule has 0 atom stereocenters. The lowest BCUT2D eigenvalue weighted by Crippen LogP contribution is -2.04. The molecule has 0 saturated heterocycles. The molecule has 0 bridgehead atoms. The lowest BCUT2D eigenvalue weighted by Gasteiger charge is -2.09. The number of benzene rings is 2. The fraction of sp³-hybridized carbons (Fsp3) is 0. The molecule has 3 rings (SSSR count). The number of aromatic nitrogens is 2. The van der Waals surface area contributed by atoms with Gasteiger partial charge in [0.2, 0.25) is 11.6 Å². The Morgan fingerprint density at radius 1 is 1.00 bits per heavy atom. The number of hydrogen-bond acceptors (Lipinski definition) is 7. The molecule has 0 radical (unpaired) electrons. The van der Waals surface area contributed by atoms with Gasteiger partial charge in [-0.3, -0.25) is 10.1 Å². The predicted molar refractivity (Wildman–Crippen MR) is 89.3 cm³/mol. The second-order valence-electron chi connectivity index (χ2n) is 4.78. The quantitative estimate of drug-likeness (QED) is 0.545. The summed E-state index contributed by atoms with van der Waals surface area (Å²) >= 11 is 0. The fourth-order valence-electron chi connectivity index (χ4n) is 2.03. The van der Waals surface area contributed by atoms with Gasteiger partial charge in [-0.15, -0.1) is 0 Å². The number of nitrogens with two attached hydrogens (primary N) is 1. The van der Waals surface area contributed by atoms with Crippen molar-refractivity contribution in [2.24, 2.45) is 0 Å². The van der Waals surface area contributed by atoms with Crippen molar-refractivity contribution >= 4 is 23.0 Å². The zero-order valence-electron chi connectivity index (χ0n) is 12.4. The average Bonchev–Trinajstić information content (AvgIpc) is 2.57. The van der Waals surface area contributed by atoms with Gasteiger partial charge in [0, 0.05) is 5.69 Å². The lowest BCUT2D eigenvalue weighted by molar-refractivity contribution is -0.383. The van der Waals surface area contributed by atoms with Crippen LogP contribution in [-0.4, -0.2) is 14.9 Å².